The van der Waals surface area contributed by atoms with E-state index in [2.05, 4.69) is 227 Å². The summed E-state index contributed by atoms with van der Waals surface area (Å²) in [6.07, 6.45) is 8.81. The van der Waals surface area contributed by atoms with Gasteiger partial charge in [0.25, 0.3) is 0 Å². The van der Waals surface area contributed by atoms with Crippen molar-refractivity contribution in [2.24, 2.45) is 0 Å². The second-order valence-electron chi connectivity index (χ2n) is 21.1. The summed E-state index contributed by atoms with van der Waals surface area (Å²) in [5, 5.41) is 0. The lowest BCUT2D eigenvalue weighted by Gasteiger charge is -2.13. The van der Waals surface area contributed by atoms with Crippen molar-refractivity contribution < 1.29 is 0 Å². The van der Waals surface area contributed by atoms with E-state index in [1.54, 1.807) is 0 Å². The Morgan fingerprint density at radius 3 is 0.813 bits per heavy atom. The fraction of sp³-hybridized carbons (Fsp3) is 0.176. The van der Waals surface area contributed by atoms with Gasteiger partial charge in [-0.2, -0.15) is 0 Å². The number of thiophene rings is 3. The molecule has 75 heavy (non-hydrogen) atoms. The van der Waals surface area contributed by atoms with Crippen LogP contribution in [0.15, 0.2) is 109 Å². The van der Waals surface area contributed by atoms with Gasteiger partial charge < -0.3 is 9.97 Å². The van der Waals surface area contributed by atoms with Gasteiger partial charge in [-0.25, -0.2) is 9.97 Å². The van der Waals surface area contributed by atoms with Crippen molar-refractivity contribution in [2.45, 2.75) is 83.1 Å². The molecular formula is C68H60N4S3. The lowest BCUT2D eigenvalue weighted by Crippen LogP contribution is -1.92. The van der Waals surface area contributed by atoms with Crippen molar-refractivity contribution in [3.8, 4) is 44.5 Å². The molecule has 2 aliphatic heterocycles. The standard InChI is InChI=1S/C68H60N4S3/c1-35-27-39(5)61(40(6)28-35)65-51-17-13-47(69-51)49-15-19-53(71-49)67(63-43(9)31-37(3)32-44(63)10)59-25-26-60(75-59)68(64-45(11)33-38(4)34-46(64)12)54-20-16-50(72-54)48-14-18-52(70-48)66(62-41(7)29-36(2)30-42(62)8)58-24-22-56(74-58)55-21-23-57(65)73-55/h13-34,69,72H,1-12H3. The summed E-state index contributed by atoms with van der Waals surface area (Å²) in [5.74, 6) is 0. The molecule has 7 heteroatoms. The predicted molar refractivity (Wildman–Crippen MR) is 330 cm³/mol. The Morgan fingerprint density at radius 1 is 0.253 bits per heavy atom. The molecule has 8 heterocycles. The van der Waals surface area contributed by atoms with Gasteiger partial charge in [-0.1, -0.05) is 70.8 Å². The van der Waals surface area contributed by atoms with Crippen molar-refractivity contribution in [1.82, 2.24) is 19.9 Å². The fourth-order valence-electron chi connectivity index (χ4n) is 12.3. The molecule has 4 aromatic carbocycles. The van der Waals surface area contributed by atoms with Gasteiger partial charge in [0.1, 0.15) is 0 Å². The minimum atomic E-state index is 0.917. The molecule has 0 saturated heterocycles. The van der Waals surface area contributed by atoms with Crippen molar-refractivity contribution >= 4 is 109 Å². The van der Waals surface area contributed by atoms with Crippen LogP contribution in [-0.2, 0) is 0 Å². The Balaban J connectivity index is 1.25. The van der Waals surface area contributed by atoms with Gasteiger partial charge in [-0.3, -0.25) is 0 Å². The molecule has 370 valence electrons. The number of hydrogen-bond acceptors (Lipinski definition) is 5. The number of H-pyrrole nitrogens is 2. The first-order chi connectivity index (χ1) is 36.1. The topological polar surface area (TPSA) is 57.4 Å². The summed E-state index contributed by atoms with van der Waals surface area (Å²) in [6, 6.07) is 41.3. The first-order valence-corrected chi connectivity index (χ1v) is 28.3. The molecule has 0 aliphatic carbocycles. The molecule has 0 spiro atoms. The van der Waals surface area contributed by atoms with Crippen molar-refractivity contribution in [1.29, 1.82) is 0 Å². The van der Waals surface area contributed by atoms with Crippen LogP contribution in [0.25, 0.3) is 119 Å². The molecule has 2 N–H and O–H groups in total. The van der Waals surface area contributed by atoms with Gasteiger partial charge >= 0.3 is 0 Å². The Labute approximate surface area is 451 Å². The lowest BCUT2D eigenvalue weighted by molar-refractivity contribution is 1.29. The van der Waals surface area contributed by atoms with E-state index in [0.717, 1.165) is 56.0 Å². The fourth-order valence-corrected chi connectivity index (χ4v) is 15.7. The van der Waals surface area contributed by atoms with E-state index < -0.39 is 0 Å². The van der Waals surface area contributed by atoms with E-state index in [9.17, 15) is 0 Å². The quantitative estimate of drug-likeness (QED) is 0.185. The number of nitrogens with one attached hydrogen (secondary N) is 2. The normalized spacial score (nSPS) is 12.2. The zero-order chi connectivity index (χ0) is 52.1. The molecule has 0 fully saturated rings. The maximum Gasteiger partial charge on any atom is 0.0872 e. The molecule has 4 nitrogen and oxygen atoms in total. The van der Waals surface area contributed by atoms with Gasteiger partial charge in [-0.05, 0) is 235 Å². The summed E-state index contributed by atoms with van der Waals surface area (Å²) < 4.78 is 7.24. The minimum Gasteiger partial charge on any atom is -0.353 e. The first-order valence-electron chi connectivity index (χ1n) is 25.9. The number of aromatic amines is 2. The van der Waals surface area contributed by atoms with E-state index in [4.69, 9.17) is 9.97 Å². The van der Waals surface area contributed by atoms with E-state index in [-0.39, 0.29) is 0 Å². The molecule has 0 unspecified atom stereocenters. The summed E-state index contributed by atoms with van der Waals surface area (Å²) >= 11 is 5.55. The van der Waals surface area contributed by atoms with Gasteiger partial charge in [0.05, 0.1) is 33.8 Å². The van der Waals surface area contributed by atoms with Crippen LogP contribution in [-0.4, -0.2) is 19.9 Å². The Bertz CT molecular complexity index is 4350. The average molecular weight is 1030 g/mol. The number of rotatable bonds is 4. The van der Waals surface area contributed by atoms with Crippen LogP contribution in [0.2, 0.25) is 0 Å². The third-order valence-electron chi connectivity index (χ3n) is 15.0. The Morgan fingerprint density at radius 2 is 0.493 bits per heavy atom. The van der Waals surface area contributed by atoms with E-state index >= 15 is 0 Å². The van der Waals surface area contributed by atoms with Gasteiger partial charge in [-0.15, -0.1) is 34.0 Å². The van der Waals surface area contributed by atoms with Crippen LogP contribution in [0.4, 0.5) is 0 Å². The molecule has 0 atom stereocenters. The van der Waals surface area contributed by atoms with E-state index in [1.807, 2.05) is 34.0 Å². The van der Waals surface area contributed by atoms with Crippen molar-refractivity contribution in [3.63, 3.8) is 0 Å². The molecule has 14 bridgehead atoms. The summed E-state index contributed by atoms with van der Waals surface area (Å²) in [7, 11) is 0. The highest BCUT2D eigenvalue weighted by Gasteiger charge is 2.21. The highest BCUT2D eigenvalue weighted by molar-refractivity contribution is 7.31. The molecule has 0 saturated carbocycles. The van der Waals surface area contributed by atoms with Crippen LogP contribution < -0.4 is 0 Å². The monoisotopic (exact) mass is 1030 g/mol. The average Bonchev–Trinajstić information content (AvgIpc) is 4.22. The lowest BCUT2D eigenvalue weighted by atomic mass is 9.93. The number of fused-ring (bicyclic) bond motifs is 17. The molecule has 10 aromatic rings. The maximum atomic E-state index is 5.55. The number of benzene rings is 4. The summed E-state index contributed by atoms with van der Waals surface area (Å²) in [6.45, 7) is 26.7. The van der Waals surface area contributed by atoms with Crippen LogP contribution in [0, 0.1) is 83.1 Å². The zero-order valence-corrected chi connectivity index (χ0v) is 47.3. The molecule has 12 rings (SSSR count). The second kappa shape index (κ2) is 18.7. The van der Waals surface area contributed by atoms with Gasteiger partial charge in [0.2, 0.25) is 0 Å². The summed E-state index contributed by atoms with van der Waals surface area (Å²) in [5.41, 5.74) is 32.6. The number of nitrogens with zero attached hydrogens (tertiary/aromatic N) is 2. The van der Waals surface area contributed by atoms with Crippen molar-refractivity contribution in [3.05, 3.63) is 199 Å². The van der Waals surface area contributed by atoms with Crippen LogP contribution in [0.1, 0.15) is 89.5 Å². The first kappa shape index (κ1) is 48.5. The second-order valence-corrected chi connectivity index (χ2v) is 24.3. The maximum absolute atomic E-state index is 5.55. The van der Waals surface area contributed by atoms with Crippen LogP contribution in [0.3, 0.4) is 0 Å². The minimum absolute atomic E-state index is 0.917. The zero-order valence-electron chi connectivity index (χ0n) is 44.8. The third kappa shape index (κ3) is 8.61. The van der Waals surface area contributed by atoms with E-state index in [1.165, 1.54) is 128 Å². The molecule has 0 amide bonds. The molecular weight excluding hydrogens is 969 g/mol. The molecule has 6 aromatic heterocycles. The van der Waals surface area contributed by atoms with Crippen molar-refractivity contribution in [2.75, 3.05) is 0 Å². The molecule has 0 radical (unpaired) electrons. The highest BCUT2D eigenvalue weighted by Crippen LogP contribution is 2.45. The third-order valence-corrected chi connectivity index (χ3v) is 18.5. The molecule has 2 aliphatic rings. The largest absolute Gasteiger partial charge is 0.353 e. The predicted octanol–water partition coefficient (Wildman–Crippen LogP) is 20.4. The van der Waals surface area contributed by atoms with Gasteiger partial charge in [0, 0.05) is 61.5 Å². The van der Waals surface area contributed by atoms with Crippen LogP contribution >= 0.6 is 34.0 Å². The van der Waals surface area contributed by atoms with E-state index in [0.29, 0.717) is 0 Å². The Hall–Kier alpha value is -7.42. The van der Waals surface area contributed by atoms with Crippen LogP contribution in [0.5, 0.6) is 0 Å². The number of hydrogen-bond donors (Lipinski definition) is 2. The SMILES string of the molecule is Cc1cc(C)c(-c2c3nc(c4ccc([nH]4)c(-c4c(C)cc(C)cc4C)c4ccc(s4)c4ccc(s4)c(-c4c(C)cc(C)cc4C)c4nc(c5ccc([nH]5)c(-c5c(C)cc(C)cc5C)c5ccc2s5)C=C4)C=C3)c(C)c1. The van der Waals surface area contributed by atoms with Gasteiger partial charge in [0.15, 0.2) is 0 Å². The highest BCUT2D eigenvalue weighted by atomic mass is 32.1. The summed E-state index contributed by atoms with van der Waals surface area (Å²) in [4.78, 5) is 18.9. The Kier molecular flexibility index (Phi) is 12.1. The number of aromatic nitrogens is 4. The smallest absolute Gasteiger partial charge is 0.0872 e. The number of aryl methyl sites for hydroxylation is 12.